The van der Waals surface area contributed by atoms with Gasteiger partial charge < -0.3 is 16.2 Å². The molecule has 1 heterocycles. The van der Waals surface area contributed by atoms with Gasteiger partial charge in [0.15, 0.2) is 0 Å². The smallest absolute Gasteiger partial charge is 0.310 e. The summed E-state index contributed by atoms with van der Waals surface area (Å²) in [4.78, 5) is 37.1. The molecule has 0 aliphatic heterocycles. The van der Waals surface area contributed by atoms with Crippen LogP contribution < -0.4 is 11.1 Å². The van der Waals surface area contributed by atoms with E-state index in [1.54, 1.807) is 13.8 Å². The van der Waals surface area contributed by atoms with Crippen molar-refractivity contribution in [1.82, 2.24) is 0 Å². The van der Waals surface area contributed by atoms with Crippen LogP contribution in [0, 0.1) is 5.41 Å². The molecule has 0 saturated heterocycles. The molecule has 1 aliphatic carbocycles. The minimum Gasteiger partial charge on any atom is -0.481 e. The number of carboxylic acid groups (broad SMARTS) is 1. The largest absolute Gasteiger partial charge is 0.481 e. The van der Waals surface area contributed by atoms with Gasteiger partial charge in [0, 0.05) is 11.3 Å². The van der Waals surface area contributed by atoms with E-state index in [0.717, 1.165) is 42.5 Å². The SMILES string of the molecule is CCC(CC)(CC(=O)Nc1sc2c(c1C(N)=O)CCCCC2)C(=O)O. The summed E-state index contributed by atoms with van der Waals surface area (Å²) in [7, 11) is 0. The lowest BCUT2D eigenvalue weighted by atomic mass is 9.79. The van der Waals surface area contributed by atoms with Gasteiger partial charge >= 0.3 is 5.97 Å². The van der Waals surface area contributed by atoms with E-state index < -0.39 is 17.3 Å². The molecule has 7 heteroatoms. The molecular weight excluding hydrogens is 340 g/mol. The molecule has 25 heavy (non-hydrogen) atoms. The van der Waals surface area contributed by atoms with Crippen molar-refractivity contribution in [2.24, 2.45) is 11.1 Å². The molecule has 0 spiro atoms. The molecule has 2 rings (SSSR count). The number of hydrogen-bond donors (Lipinski definition) is 3. The quantitative estimate of drug-likeness (QED) is 0.643. The van der Waals surface area contributed by atoms with E-state index in [4.69, 9.17) is 5.73 Å². The van der Waals surface area contributed by atoms with Crippen LogP contribution in [-0.2, 0) is 22.4 Å². The minimum absolute atomic E-state index is 0.115. The van der Waals surface area contributed by atoms with Crippen molar-refractivity contribution >= 4 is 34.1 Å². The van der Waals surface area contributed by atoms with Crippen LogP contribution in [0.4, 0.5) is 5.00 Å². The number of amides is 2. The molecule has 4 N–H and O–H groups in total. The van der Waals surface area contributed by atoms with Crippen LogP contribution in [-0.4, -0.2) is 22.9 Å². The number of rotatable bonds is 7. The highest BCUT2D eigenvalue weighted by molar-refractivity contribution is 7.17. The molecule has 138 valence electrons. The van der Waals surface area contributed by atoms with Crippen molar-refractivity contribution in [3.63, 3.8) is 0 Å². The zero-order valence-electron chi connectivity index (χ0n) is 14.8. The zero-order valence-corrected chi connectivity index (χ0v) is 15.6. The summed E-state index contributed by atoms with van der Waals surface area (Å²) in [5.74, 6) is -1.89. The fourth-order valence-electron chi connectivity index (χ4n) is 3.45. The number of primary amides is 1. The third-order valence-corrected chi connectivity index (χ3v) is 6.43. The van der Waals surface area contributed by atoms with Gasteiger partial charge in [0.2, 0.25) is 5.91 Å². The predicted molar refractivity (Wildman–Crippen MR) is 98.0 cm³/mol. The Kier molecular flexibility index (Phi) is 6.21. The molecule has 2 amide bonds. The van der Waals surface area contributed by atoms with Gasteiger partial charge in [-0.15, -0.1) is 11.3 Å². The Morgan fingerprint density at radius 2 is 1.80 bits per heavy atom. The van der Waals surface area contributed by atoms with Crippen LogP contribution in [0.2, 0.25) is 0 Å². The summed E-state index contributed by atoms with van der Waals surface area (Å²) in [6.45, 7) is 3.54. The third-order valence-electron chi connectivity index (χ3n) is 5.23. The van der Waals surface area contributed by atoms with Gasteiger partial charge in [0.25, 0.3) is 5.91 Å². The standard InChI is InChI=1S/C18H26N2O4S/c1-3-18(4-2,17(23)24)10-13(21)20-16-14(15(19)22)11-8-6-5-7-9-12(11)25-16/h3-10H2,1-2H3,(H2,19,22)(H,20,21)(H,23,24). The number of carbonyl (C=O) groups excluding carboxylic acids is 2. The molecule has 0 saturated carbocycles. The number of carboxylic acids is 1. The van der Waals surface area contributed by atoms with Crippen LogP contribution in [0.5, 0.6) is 0 Å². The van der Waals surface area contributed by atoms with Crippen molar-refractivity contribution in [3.05, 3.63) is 16.0 Å². The van der Waals surface area contributed by atoms with Gasteiger partial charge in [0.1, 0.15) is 5.00 Å². The molecule has 0 fully saturated rings. The number of nitrogens with one attached hydrogen (secondary N) is 1. The Morgan fingerprint density at radius 1 is 1.16 bits per heavy atom. The van der Waals surface area contributed by atoms with Crippen LogP contribution >= 0.6 is 11.3 Å². The predicted octanol–water partition coefficient (Wildman–Crippen LogP) is 3.34. The van der Waals surface area contributed by atoms with Crippen molar-refractivity contribution in [2.75, 3.05) is 5.32 Å². The Balaban J connectivity index is 2.26. The highest BCUT2D eigenvalue weighted by atomic mass is 32.1. The molecule has 0 unspecified atom stereocenters. The monoisotopic (exact) mass is 366 g/mol. The lowest BCUT2D eigenvalue weighted by Gasteiger charge is -2.25. The summed E-state index contributed by atoms with van der Waals surface area (Å²) in [6, 6.07) is 0. The first-order chi connectivity index (χ1) is 11.8. The lowest BCUT2D eigenvalue weighted by Crippen LogP contribution is -2.34. The number of aliphatic carboxylic acids is 1. The average molecular weight is 366 g/mol. The van der Waals surface area contributed by atoms with E-state index in [2.05, 4.69) is 5.32 Å². The van der Waals surface area contributed by atoms with Gasteiger partial charge in [-0.1, -0.05) is 20.3 Å². The molecule has 1 aromatic heterocycles. The number of hydrogen-bond acceptors (Lipinski definition) is 4. The van der Waals surface area contributed by atoms with Gasteiger partial charge in [0.05, 0.1) is 11.0 Å². The second-order valence-corrected chi connectivity index (χ2v) is 7.76. The molecule has 6 nitrogen and oxygen atoms in total. The van der Waals surface area contributed by atoms with Gasteiger partial charge in [-0.25, -0.2) is 0 Å². The van der Waals surface area contributed by atoms with Crippen molar-refractivity contribution in [2.45, 2.75) is 65.2 Å². The summed E-state index contributed by atoms with van der Waals surface area (Å²) < 4.78 is 0. The topological polar surface area (TPSA) is 109 Å². The van der Waals surface area contributed by atoms with E-state index in [-0.39, 0.29) is 12.3 Å². The molecule has 0 atom stereocenters. The number of carbonyl (C=O) groups is 3. The first-order valence-electron chi connectivity index (χ1n) is 8.82. The highest BCUT2D eigenvalue weighted by Gasteiger charge is 2.37. The van der Waals surface area contributed by atoms with Crippen molar-refractivity contribution < 1.29 is 19.5 Å². The molecule has 0 aromatic carbocycles. The maximum atomic E-state index is 12.5. The van der Waals surface area contributed by atoms with Crippen molar-refractivity contribution in [3.8, 4) is 0 Å². The summed E-state index contributed by atoms with van der Waals surface area (Å²) in [6.07, 6.45) is 5.50. The van der Waals surface area contributed by atoms with E-state index in [1.807, 2.05) is 0 Å². The zero-order chi connectivity index (χ0) is 18.6. The lowest BCUT2D eigenvalue weighted by molar-refractivity contribution is -0.151. The Morgan fingerprint density at radius 3 is 2.36 bits per heavy atom. The molecule has 0 radical (unpaired) electrons. The minimum atomic E-state index is -1.08. The number of fused-ring (bicyclic) bond motifs is 1. The highest BCUT2D eigenvalue weighted by Crippen LogP contribution is 2.38. The Labute approximate surface area is 151 Å². The fraction of sp³-hybridized carbons (Fsp3) is 0.611. The van der Waals surface area contributed by atoms with Gasteiger partial charge in [-0.2, -0.15) is 0 Å². The van der Waals surface area contributed by atoms with Crippen molar-refractivity contribution in [1.29, 1.82) is 0 Å². The first-order valence-corrected chi connectivity index (χ1v) is 9.63. The maximum absolute atomic E-state index is 12.5. The maximum Gasteiger partial charge on any atom is 0.310 e. The summed E-state index contributed by atoms with van der Waals surface area (Å²) in [5.41, 5.74) is 5.85. The second-order valence-electron chi connectivity index (χ2n) is 6.65. The molecule has 1 aromatic rings. The molecular formula is C18H26N2O4S. The summed E-state index contributed by atoms with van der Waals surface area (Å²) >= 11 is 1.40. The van der Waals surface area contributed by atoms with E-state index in [0.29, 0.717) is 23.4 Å². The third kappa shape index (κ3) is 4.03. The number of nitrogens with two attached hydrogens (primary N) is 1. The second kappa shape index (κ2) is 7.99. The number of thiophene rings is 1. The number of aryl methyl sites for hydroxylation is 1. The average Bonchev–Trinajstić information content (AvgIpc) is 2.73. The van der Waals surface area contributed by atoms with E-state index >= 15 is 0 Å². The van der Waals surface area contributed by atoms with E-state index in [1.165, 1.54) is 11.3 Å². The Hall–Kier alpha value is -1.89. The van der Waals surface area contributed by atoms with E-state index in [9.17, 15) is 19.5 Å². The number of anilines is 1. The normalized spacial score (nSPS) is 14.5. The van der Waals surface area contributed by atoms with Crippen LogP contribution in [0.15, 0.2) is 0 Å². The molecule has 1 aliphatic rings. The van der Waals surface area contributed by atoms with Gasteiger partial charge in [-0.05, 0) is 44.1 Å². The first kappa shape index (κ1) is 19.4. The fourth-order valence-corrected chi connectivity index (χ4v) is 4.76. The Bertz CT molecular complexity index is 677. The molecule has 0 bridgehead atoms. The summed E-state index contributed by atoms with van der Waals surface area (Å²) in [5, 5.41) is 12.7. The van der Waals surface area contributed by atoms with Gasteiger partial charge in [-0.3, -0.25) is 14.4 Å². The van der Waals surface area contributed by atoms with Crippen LogP contribution in [0.1, 0.15) is 73.2 Å². The van der Waals surface area contributed by atoms with Crippen LogP contribution in [0.25, 0.3) is 0 Å². The van der Waals surface area contributed by atoms with Crippen LogP contribution in [0.3, 0.4) is 0 Å².